The van der Waals surface area contributed by atoms with E-state index in [-0.39, 0.29) is 11.8 Å². The van der Waals surface area contributed by atoms with Crippen molar-refractivity contribution in [3.05, 3.63) is 35.9 Å². The Balaban J connectivity index is 2.12. The number of benzene rings is 1. The lowest BCUT2D eigenvalue weighted by Gasteiger charge is -2.13. The van der Waals surface area contributed by atoms with Crippen LogP contribution in [0, 0.1) is 5.92 Å². The van der Waals surface area contributed by atoms with E-state index in [4.69, 9.17) is 0 Å². The molecule has 5 heteroatoms. The van der Waals surface area contributed by atoms with Crippen molar-refractivity contribution < 1.29 is 9.59 Å². The highest BCUT2D eigenvalue weighted by molar-refractivity contribution is 6.15. The molecule has 86 valence electrons. The molecular weight excluding hydrogens is 218 g/mol. The highest BCUT2D eigenvalue weighted by atomic mass is 16.2. The van der Waals surface area contributed by atoms with E-state index in [9.17, 15) is 9.59 Å². The number of hydrogen-bond acceptors (Lipinski definition) is 2. The van der Waals surface area contributed by atoms with Crippen LogP contribution in [-0.4, -0.2) is 24.0 Å². The molecule has 1 atom stereocenters. The van der Waals surface area contributed by atoms with Gasteiger partial charge in [-0.1, -0.05) is 25.1 Å². The highest BCUT2D eigenvalue weighted by Crippen LogP contribution is 2.04. The van der Waals surface area contributed by atoms with Crippen LogP contribution >= 0.6 is 0 Å². The molecule has 5 nitrogen and oxygen atoms in total. The van der Waals surface area contributed by atoms with Gasteiger partial charge in [-0.25, -0.2) is 9.79 Å². The smallest absolute Gasteiger partial charge is 0.309 e. The second kappa shape index (κ2) is 4.69. The van der Waals surface area contributed by atoms with Crippen LogP contribution in [-0.2, 0) is 0 Å². The van der Waals surface area contributed by atoms with Gasteiger partial charge in [-0.2, -0.15) is 4.99 Å². The highest BCUT2D eigenvalue weighted by Gasteiger charge is 2.18. The molecule has 17 heavy (non-hydrogen) atoms. The Kier molecular flexibility index (Phi) is 3.09. The van der Waals surface area contributed by atoms with Crippen LogP contribution < -0.4 is 5.32 Å². The molecule has 0 fully saturated rings. The Bertz CT molecular complexity index is 506. The number of hydrogen-bond donors (Lipinski definition) is 1. The molecule has 1 aliphatic heterocycles. The summed E-state index contributed by atoms with van der Waals surface area (Å²) in [6, 6.07) is 8.17. The minimum absolute atomic E-state index is 0.166. The maximum atomic E-state index is 11.8. The minimum atomic E-state index is -0.591. The van der Waals surface area contributed by atoms with Crippen LogP contribution in [0.3, 0.4) is 0 Å². The first kappa shape index (κ1) is 11.2. The summed E-state index contributed by atoms with van der Waals surface area (Å²) in [6.45, 7) is 1.81. The number of amidine groups is 1. The maximum Gasteiger partial charge on any atom is 0.368 e. The van der Waals surface area contributed by atoms with Crippen molar-refractivity contribution in [2.75, 3.05) is 0 Å². The third kappa shape index (κ3) is 2.63. The summed E-state index contributed by atoms with van der Waals surface area (Å²) < 4.78 is 0. The summed E-state index contributed by atoms with van der Waals surface area (Å²) in [5.74, 6) is -0.112. The molecule has 1 heterocycles. The van der Waals surface area contributed by atoms with E-state index >= 15 is 0 Å². The molecular formula is C12H11N3O2. The molecule has 1 unspecified atom stereocenters. The molecule has 0 aromatic heterocycles. The van der Waals surface area contributed by atoms with Gasteiger partial charge >= 0.3 is 6.03 Å². The Morgan fingerprint density at radius 2 is 2.00 bits per heavy atom. The van der Waals surface area contributed by atoms with Crippen LogP contribution in [0.25, 0.3) is 0 Å². The predicted molar refractivity (Wildman–Crippen MR) is 64.4 cm³/mol. The zero-order chi connectivity index (χ0) is 12.3. The van der Waals surface area contributed by atoms with Crippen molar-refractivity contribution in [3.63, 3.8) is 0 Å². The van der Waals surface area contributed by atoms with Crippen LogP contribution in [0.15, 0.2) is 40.3 Å². The third-order valence-corrected chi connectivity index (χ3v) is 2.33. The first-order valence-corrected chi connectivity index (χ1v) is 5.20. The number of nitrogens with one attached hydrogen (secondary N) is 1. The van der Waals surface area contributed by atoms with Crippen molar-refractivity contribution >= 4 is 24.0 Å². The van der Waals surface area contributed by atoms with Crippen LogP contribution in [0.5, 0.6) is 0 Å². The van der Waals surface area contributed by atoms with Crippen molar-refractivity contribution in [1.29, 1.82) is 0 Å². The Morgan fingerprint density at radius 3 is 2.71 bits per heavy atom. The molecule has 0 saturated heterocycles. The van der Waals surface area contributed by atoms with Crippen molar-refractivity contribution in [1.82, 2.24) is 5.32 Å². The average molecular weight is 229 g/mol. The van der Waals surface area contributed by atoms with Crippen molar-refractivity contribution in [3.8, 4) is 0 Å². The van der Waals surface area contributed by atoms with Gasteiger partial charge < -0.3 is 5.32 Å². The lowest BCUT2D eigenvalue weighted by atomic mass is 10.1. The van der Waals surface area contributed by atoms with Gasteiger partial charge in [0.1, 0.15) is 5.84 Å². The lowest BCUT2D eigenvalue weighted by molar-refractivity contribution is 0.0976. The number of carbonyl (C=O) groups is 2. The predicted octanol–water partition coefficient (Wildman–Crippen LogP) is 1.66. The van der Waals surface area contributed by atoms with Crippen molar-refractivity contribution in [2.45, 2.75) is 6.92 Å². The molecule has 1 aromatic rings. The van der Waals surface area contributed by atoms with E-state index in [1.165, 1.54) is 6.21 Å². The number of carbonyl (C=O) groups excluding carboxylic acids is 2. The van der Waals surface area contributed by atoms with Crippen LogP contribution in [0.1, 0.15) is 17.3 Å². The summed E-state index contributed by atoms with van der Waals surface area (Å²) in [5, 5.41) is 2.61. The van der Waals surface area contributed by atoms with Gasteiger partial charge in [0.15, 0.2) is 0 Å². The molecule has 0 radical (unpaired) electrons. The summed E-state index contributed by atoms with van der Waals surface area (Å²) >= 11 is 0. The van der Waals surface area contributed by atoms with E-state index in [0.29, 0.717) is 11.4 Å². The van der Waals surface area contributed by atoms with Crippen LogP contribution in [0.2, 0.25) is 0 Å². The SMILES string of the molecule is CC1C=NC(=O)N=C1NC(=O)c1ccccc1. The standard InChI is InChI=1S/C12H11N3O2/c1-8-7-13-12(17)15-10(8)14-11(16)9-5-3-2-4-6-9/h2-8H,1H3,(H,14,15,16,17). The Hall–Kier alpha value is -2.30. The number of aliphatic imine (C=N–C) groups is 2. The zero-order valence-corrected chi connectivity index (χ0v) is 9.25. The summed E-state index contributed by atoms with van der Waals surface area (Å²) in [4.78, 5) is 30.0. The summed E-state index contributed by atoms with van der Waals surface area (Å²) in [5.41, 5.74) is 0.525. The topological polar surface area (TPSA) is 70.9 Å². The van der Waals surface area contributed by atoms with Gasteiger partial charge in [0.2, 0.25) is 0 Å². The molecule has 2 rings (SSSR count). The van der Waals surface area contributed by atoms with E-state index < -0.39 is 6.03 Å². The first-order chi connectivity index (χ1) is 8.16. The Labute approximate surface area is 98.3 Å². The van der Waals surface area contributed by atoms with Gasteiger partial charge in [0.05, 0.1) is 5.92 Å². The van der Waals surface area contributed by atoms with Crippen molar-refractivity contribution in [2.24, 2.45) is 15.9 Å². The largest absolute Gasteiger partial charge is 0.368 e. The lowest BCUT2D eigenvalue weighted by Crippen LogP contribution is -2.37. The van der Waals surface area contributed by atoms with E-state index in [1.807, 2.05) is 6.07 Å². The summed E-state index contributed by atoms with van der Waals surface area (Å²) in [7, 11) is 0. The molecule has 0 bridgehead atoms. The monoisotopic (exact) mass is 229 g/mol. The van der Waals surface area contributed by atoms with Gasteiger partial charge in [-0.3, -0.25) is 4.79 Å². The maximum absolute atomic E-state index is 11.8. The second-order valence-corrected chi connectivity index (χ2v) is 3.67. The second-order valence-electron chi connectivity index (χ2n) is 3.67. The van der Waals surface area contributed by atoms with E-state index in [0.717, 1.165) is 0 Å². The van der Waals surface area contributed by atoms with Gasteiger partial charge in [0, 0.05) is 11.8 Å². The molecule has 1 aromatic carbocycles. The Morgan fingerprint density at radius 1 is 1.29 bits per heavy atom. The first-order valence-electron chi connectivity index (χ1n) is 5.20. The minimum Gasteiger partial charge on any atom is -0.309 e. The third-order valence-electron chi connectivity index (χ3n) is 2.33. The zero-order valence-electron chi connectivity index (χ0n) is 9.25. The molecule has 0 spiro atoms. The number of amides is 3. The summed E-state index contributed by atoms with van der Waals surface area (Å²) in [6.07, 6.45) is 1.47. The quantitative estimate of drug-likeness (QED) is 0.795. The molecule has 1 aliphatic rings. The van der Waals surface area contributed by atoms with E-state index in [1.54, 1.807) is 31.2 Å². The van der Waals surface area contributed by atoms with Gasteiger partial charge in [-0.15, -0.1) is 0 Å². The number of nitrogens with zero attached hydrogens (tertiary/aromatic N) is 2. The number of rotatable bonds is 1. The average Bonchev–Trinajstić information content (AvgIpc) is 2.35. The van der Waals surface area contributed by atoms with E-state index in [2.05, 4.69) is 15.3 Å². The molecule has 1 N–H and O–H groups in total. The van der Waals surface area contributed by atoms with Gasteiger partial charge in [0.25, 0.3) is 5.91 Å². The van der Waals surface area contributed by atoms with Gasteiger partial charge in [-0.05, 0) is 12.1 Å². The number of urea groups is 1. The van der Waals surface area contributed by atoms with Crippen LogP contribution in [0.4, 0.5) is 4.79 Å². The molecule has 3 amide bonds. The molecule has 0 saturated carbocycles. The fraction of sp³-hybridized carbons (Fsp3) is 0.167. The fourth-order valence-electron chi connectivity index (χ4n) is 1.40. The molecule has 0 aliphatic carbocycles. The fourth-order valence-corrected chi connectivity index (χ4v) is 1.40. The normalized spacial score (nSPS) is 18.8.